The summed E-state index contributed by atoms with van der Waals surface area (Å²) < 4.78 is 43.6. The van der Waals surface area contributed by atoms with Crippen LogP contribution in [0.15, 0.2) is 47.1 Å². The number of rotatable bonds is 5. The third-order valence-electron chi connectivity index (χ3n) is 3.55. The maximum absolute atomic E-state index is 12.8. The van der Waals surface area contributed by atoms with Crippen molar-refractivity contribution in [3.05, 3.63) is 48.2 Å². The van der Waals surface area contributed by atoms with Crippen molar-refractivity contribution >= 4 is 5.82 Å². The van der Waals surface area contributed by atoms with E-state index in [1.54, 1.807) is 19.1 Å². The number of nitrogens with zero attached hydrogens (tertiary/aromatic N) is 3. The van der Waals surface area contributed by atoms with Crippen molar-refractivity contribution in [3.63, 3.8) is 0 Å². The Balaban J connectivity index is 1.82. The SMILES string of the molecule is CC(CO)Nc1ccc(-c2nc(-c3cccc(C(F)(F)F)c3)no2)cn1. The summed E-state index contributed by atoms with van der Waals surface area (Å²) in [7, 11) is 0. The molecule has 0 saturated carbocycles. The predicted molar refractivity (Wildman–Crippen MR) is 88.1 cm³/mol. The monoisotopic (exact) mass is 364 g/mol. The summed E-state index contributed by atoms with van der Waals surface area (Å²) in [5.74, 6) is 0.766. The van der Waals surface area contributed by atoms with Crippen LogP contribution in [0.5, 0.6) is 0 Å². The molecule has 0 amide bonds. The molecule has 0 aliphatic heterocycles. The number of benzene rings is 1. The Bertz CT molecular complexity index is 878. The molecule has 9 heteroatoms. The fraction of sp³-hybridized carbons (Fsp3) is 0.235. The number of aliphatic hydroxyl groups is 1. The van der Waals surface area contributed by atoms with Gasteiger partial charge in [-0.1, -0.05) is 17.3 Å². The Morgan fingerprint density at radius 1 is 1.19 bits per heavy atom. The molecule has 26 heavy (non-hydrogen) atoms. The Morgan fingerprint density at radius 2 is 2.00 bits per heavy atom. The maximum atomic E-state index is 12.8. The zero-order valence-corrected chi connectivity index (χ0v) is 13.7. The molecule has 1 aromatic carbocycles. The van der Waals surface area contributed by atoms with Crippen LogP contribution in [-0.2, 0) is 6.18 Å². The second kappa shape index (κ2) is 7.12. The van der Waals surface area contributed by atoms with Crippen LogP contribution >= 0.6 is 0 Å². The third-order valence-corrected chi connectivity index (χ3v) is 3.55. The molecule has 0 saturated heterocycles. The van der Waals surface area contributed by atoms with E-state index >= 15 is 0 Å². The molecule has 3 aromatic rings. The predicted octanol–water partition coefficient (Wildman–Crippen LogP) is 3.61. The van der Waals surface area contributed by atoms with Gasteiger partial charge in [-0.25, -0.2) is 4.98 Å². The van der Waals surface area contributed by atoms with E-state index in [1.165, 1.54) is 18.3 Å². The average molecular weight is 364 g/mol. The molecule has 0 aliphatic rings. The lowest BCUT2D eigenvalue weighted by Gasteiger charge is -2.10. The van der Waals surface area contributed by atoms with Gasteiger partial charge >= 0.3 is 6.18 Å². The van der Waals surface area contributed by atoms with Crippen molar-refractivity contribution in [1.82, 2.24) is 15.1 Å². The summed E-state index contributed by atoms with van der Waals surface area (Å²) in [5, 5.41) is 15.7. The first-order valence-corrected chi connectivity index (χ1v) is 7.72. The number of hydrogen-bond donors (Lipinski definition) is 2. The molecule has 0 spiro atoms. The van der Waals surface area contributed by atoms with Crippen LogP contribution in [0.3, 0.4) is 0 Å². The quantitative estimate of drug-likeness (QED) is 0.720. The van der Waals surface area contributed by atoms with Gasteiger partial charge in [0.25, 0.3) is 5.89 Å². The first kappa shape index (κ1) is 17.9. The van der Waals surface area contributed by atoms with Gasteiger partial charge in [0.1, 0.15) is 5.82 Å². The summed E-state index contributed by atoms with van der Waals surface area (Å²) >= 11 is 0. The molecule has 136 valence electrons. The van der Waals surface area contributed by atoms with Crippen LogP contribution in [0.4, 0.5) is 19.0 Å². The summed E-state index contributed by atoms with van der Waals surface area (Å²) in [5.41, 5.74) is -0.0489. The van der Waals surface area contributed by atoms with Crippen molar-refractivity contribution in [2.75, 3.05) is 11.9 Å². The van der Waals surface area contributed by atoms with Crippen LogP contribution in [0.1, 0.15) is 12.5 Å². The van der Waals surface area contributed by atoms with Crippen LogP contribution in [0, 0.1) is 0 Å². The number of aromatic nitrogens is 3. The fourth-order valence-electron chi connectivity index (χ4n) is 2.20. The Morgan fingerprint density at radius 3 is 2.65 bits per heavy atom. The highest BCUT2D eigenvalue weighted by Gasteiger charge is 2.30. The number of aliphatic hydroxyl groups excluding tert-OH is 1. The molecule has 1 unspecified atom stereocenters. The second-order valence-electron chi connectivity index (χ2n) is 5.66. The highest BCUT2D eigenvalue weighted by Crippen LogP contribution is 2.32. The number of pyridine rings is 1. The minimum Gasteiger partial charge on any atom is -0.394 e. The van der Waals surface area contributed by atoms with Gasteiger partial charge < -0.3 is 14.9 Å². The average Bonchev–Trinajstić information content (AvgIpc) is 3.12. The number of halogens is 3. The molecule has 0 radical (unpaired) electrons. The smallest absolute Gasteiger partial charge is 0.394 e. The molecule has 0 aliphatic carbocycles. The molecule has 1 atom stereocenters. The van der Waals surface area contributed by atoms with E-state index in [1.807, 2.05) is 0 Å². The fourth-order valence-corrected chi connectivity index (χ4v) is 2.20. The van der Waals surface area contributed by atoms with E-state index in [9.17, 15) is 13.2 Å². The Hall–Kier alpha value is -2.94. The van der Waals surface area contributed by atoms with Gasteiger partial charge in [0.15, 0.2) is 0 Å². The summed E-state index contributed by atoms with van der Waals surface area (Å²) in [6.07, 6.45) is -2.95. The summed E-state index contributed by atoms with van der Waals surface area (Å²) in [4.78, 5) is 8.31. The van der Waals surface area contributed by atoms with Gasteiger partial charge in [-0.3, -0.25) is 0 Å². The summed E-state index contributed by atoms with van der Waals surface area (Å²) in [6.45, 7) is 1.77. The second-order valence-corrected chi connectivity index (χ2v) is 5.66. The summed E-state index contributed by atoms with van der Waals surface area (Å²) in [6, 6.07) is 7.93. The van der Waals surface area contributed by atoms with Crippen LogP contribution in [0.25, 0.3) is 22.8 Å². The zero-order chi connectivity index (χ0) is 18.7. The van der Waals surface area contributed by atoms with Gasteiger partial charge in [-0.05, 0) is 31.2 Å². The standard InChI is InChI=1S/C17H15F3N4O2/c1-10(9-25)22-14-6-5-12(8-21-14)16-23-15(24-26-16)11-3-2-4-13(7-11)17(18,19)20/h2-8,10,25H,9H2,1H3,(H,21,22). The van der Waals surface area contributed by atoms with Gasteiger partial charge in [0, 0.05) is 17.8 Å². The molecule has 3 rings (SSSR count). The van der Waals surface area contributed by atoms with E-state index in [4.69, 9.17) is 9.63 Å². The molecule has 2 N–H and O–H groups in total. The first-order valence-electron chi connectivity index (χ1n) is 7.72. The van der Waals surface area contributed by atoms with Crippen molar-refractivity contribution in [3.8, 4) is 22.8 Å². The van der Waals surface area contributed by atoms with Crippen molar-refractivity contribution < 1.29 is 22.8 Å². The molecule has 2 heterocycles. The molecule has 0 fully saturated rings. The van der Waals surface area contributed by atoms with E-state index in [0.717, 1.165) is 12.1 Å². The van der Waals surface area contributed by atoms with Crippen LogP contribution in [0.2, 0.25) is 0 Å². The molecular weight excluding hydrogens is 349 g/mol. The number of anilines is 1. The maximum Gasteiger partial charge on any atom is 0.416 e. The van der Waals surface area contributed by atoms with Crippen LogP contribution in [-0.4, -0.2) is 32.9 Å². The topological polar surface area (TPSA) is 84.1 Å². The minimum absolute atomic E-state index is 0.0343. The van der Waals surface area contributed by atoms with Crippen molar-refractivity contribution in [2.45, 2.75) is 19.1 Å². The van der Waals surface area contributed by atoms with E-state index < -0.39 is 11.7 Å². The molecule has 2 aromatic heterocycles. The van der Waals surface area contributed by atoms with Gasteiger partial charge in [-0.15, -0.1) is 0 Å². The lowest BCUT2D eigenvalue weighted by molar-refractivity contribution is -0.137. The van der Waals surface area contributed by atoms with Crippen molar-refractivity contribution in [1.29, 1.82) is 0 Å². The third kappa shape index (κ3) is 3.99. The van der Waals surface area contributed by atoms with Gasteiger partial charge in [0.2, 0.25) is 5.82 Å². The first-order chi connectivity index (χ1) is 12.4. The lowest BCUT2D eigenvalue weighted by atomic mass is 10.1. The van der Waals surface area contributed by atoms with Gasteiger partial charge in [0.05, 0.1) is 17.7 Å². The highest BCUT2D eigenvalue weighted by atomic mass is 19.4. The lowest BCUT2D eigenvalue weighted by Crippen LogP contribution is -2.19. The van der Waals surface area contributed by atoms with Gasteiger partial charge in [-0.2, -0.15) is 18.2 Å². The number of alkyl halides is 3. The molecule has 0 bridgehead atoms. The van der Waals surface area contributed by atoms with E-state index in [-0.39, 0.29) is 29.9 Å². The number of nitrogens with one attached hydrogen (secondary N) is 1. The van der Waals surface area contributed by atoms with Crippen molar-refractivity contribution in [2.24, 2.45) is 0 Å². The Labute approximate surface area is 146 Å². The normalized spacial score (nSPS) is 12.8. The minimum atomic E-state index is -4.44. The zero-order valence-electron chi connectivity index (χ0n) is 13.7. The van der Waals surface area contributed by atoms with Crippen LogP contribution < -0.4 is 5.32 Å². The highest BCUT2D eigenvalue weighted by molar-refractivity contribution is 5.60. The molecular formula is C17H15F3N4O2. The largest absolute Gasteiger partial charge is 0.416 e. The van der Waals surface area contributed by atoms with E-state index in [2.05, 4.69) is 20.4 Å². The number of hydrogen-bond acceptors (Lipinski definition) is 6. The molecule has 6 nitrogen and oxygen atoms in total. The Kier molecular flexibility index (Phi) is 4.90. The van der Waals surface area contributed by atoms with E-state index in [0.29, 0.717) is 11.4 Å².